The van der Waals surface area contributed by atoms with E-state index in [2.05, 4.69) is 28.2 Å². The van der Waals surface area contributed by atoms with Crippen molar-refractivity contribution < 1.29 is 18.7 Å². The molecule has 0 unspecified atom stereocenters. The molecule has 0 radical (unpaired) electrons. The maximum absolute atomic E-state index is 14.1. The first kappa shape index (κ1) is 22.9. The summed E-state index contributed by atoms with van der Waals surface area (Å²) >= 11 is 3.45. The second kappa shape index (κ2) is 11.0. The molecular formula is C22H26BrFN2O3. The molecule has 0 saturated carbocycles. The minimum Gasteiger partial charge on any atom is -0.483 e. The summed E-state index contributed by atoms with van der Waals surface area (Å²) in [5, 5.41) is 2.70. The molecule has 1 N–H and O–H groups in total. The van der Waals surface area contributed by atoms with E-state index in [0.717, 1.165) is 16.5 Å². The van der Waals surface area contributed by atoms with E-state index in [1.807, 2.05) is 12.1 Å². The fourth-order valence-electron chi connectivity index (χ4n) is 2.82. The van der Waals surface area contributed by atoms with Crippen LogP contribution in [0, 0.1) is 5.82 Å². The summed E-state index contributed by atoms with van der Waals surface area (Å²) in [6, 6.07) is 11.1. The highest BCUT2D eigenvalue weighted by molar-refractivity contribution is 9.10. The molecule has 0 bridgehead atoms. The van der Waals surface area contributed by atoms with Gasteiger partial charge in [0.1, 0.15) is 17.6 Å². The lowest BCUT2D eigenvalue weighted by molar-refractivity contribution is -0.142. The van der Waals surface area contributed by atoms with Crippen LogP contribution in [0.3, 0.4) is 0 Å². The van der Waals surface area contributed by atoms with Crippen molar-refractivity contribution in [2.24, 2.45) is 0 Å². The highest BCUT2D eigenvalue weighted by Crippen LogP contribution is 2.26. The quantitative estimate of drug-likeness (QED) is 0.607. The lowest BCUT2D eigenvalue weighted by Gasteiger charge is -2.28. The van der Waals surface area contributed by atoms with E-state index in [9.17, 15) is 14.0 Å². The number of carbonyl (C=O) groups is 2. The Morgan fingerprint density at radius 3 is 2.55 bits per heavy atom. The molecule has 2 aromatic rings. The van der Waals surface area contributed by atoms with E-state index < -0.39 is 17.8 Å². The van der Waals surface area contributed by atoms with E-state index in [0.29, 0.717) is 17.9 Å². The Morgan fingerprint density at radius 1 is 1.21 bits per heavy atom. The number of likely N-dealkylation sites (N-methyl/N-ethyl adjacent to an activating group) is 1. The monoisotopic (exact) mass is 464 g/mol. The number of amides is 2. The molecule has 0 aromatic heterocycles. The van der Waals surface area contributed by atoms with Crippen molar-refractivity contribution in [1.29, 1.82) is 0 Å². The normalized spacial score (nSPS) is 11.6. The number of rotatable bonds is 9. The zero-order chi connectivity index (χ0) is 21.4. The van der Waals surface area contributed by atoms with E-state index in [-0.39, 0.29) is 19.1 Å². The number of nitrogens with zero attached hydrogens (tertiary/aromatic N) is 1. The van der Waals surface area contributed by atoms with Crippen LogP contribution in [0.4, 0.5) is 4.39 Å². The number of nitrogens with one attached hydrogen (secondary N) is 1. The first-order valence-corrected chi connectivity index (χ1v) is 10.4. The van der Waals surface area contributed by atoms with Gasteiger partial charge in [0.05, 0.1) is 4.47 Å². The zero-order valence-electron chi connectivity index (χ0n) is 16.9. The predicted octanol–water partition coefficient (Wildman–Crippen LogP) is 4.08. The molecule has 0 aliphatic rings. The Balaban J connectivity index is 2.17. The Kier molecular flexibility index (Phi) is 8.64. The highest BCUT2D eigenvalue weighted by Gasteiger charge is 2.27. The molecule has 156 valence electrons. The van der Waals surface area contributed by atoms with Crippen LogP contribution in [0.15, 0.2) is 46.9 Å². The van der Waals surface area contributed by atoms with Crippen molar-refractivity contribution in [3.05, 3.63) is 63.9 Å². The van der Waals surface area contributed by atoms with Crippen molar-refractivity contribution in [3.63, 3.8) is 0 Å². The topological polar surface area (TPSA) is 58.6 Å². The third kappa shape index (κ3) is 6.29. The van der Waals surface area contributed by atoms with Gasteiger partial charge in [-0.2, -0.15) is 0 Å². The molecule has 0 aliphatic carbocycles. The third-order valence-electron chi connectivity index (χ3n) is 4.57. The van der Waals surface area contributed by atoms with Crippen LogP contribution < -0.4 is 10.1 Å². The van der Waals surface area contributed by atoms with Crippen LogP contribution in [0.2, 0.25) is 0 Å². The lowest BCUT2D eigenvalue weighted by atomic mass is 10.1. The van der Waals surface area contributed by atoms with Crippen molar-refractivity contribution in [2.75, 3.05) is 13.2 Å². The average Bonchev–Trinajstić information content (AvgIpc) is 2.71. The summed E-state index contributed by atoms with van der Waals surface area (Å²) in [6.45, 7) is 5.63. The summed E-state index contributed by atoms with van der Waals surface area (Å²) in [5.74, 6) is -0.594. The number of halogens is 2. The van der Waals surface area contributed by atoms with Gasteiger partial charge in [-0.1, -0.05) is 31.2 Å². The number of benzene rings is 2. The van der Waals surface area contributed by atoms with Gasteiger partial charge in [-0.05, 0) is 60.0 Å². The molecule has 1 atom stereocenters. The minimum absolute atomic E-state index is 0.0247. The van der Waals surface area contributed by atoms with Gasteiger partial charge in [-0.15, -0.1) is 0 Å². The predicted molar refractivity (Wildman–Crippen MR) is 114 cm³/mol. The summed E-state index contributed by atoms with van der Waals surface area (Å²) in [7, 11) is 0. The molecular weight excluding hydrogens is 439 g/mol. The Labute approximate surface area is 179 Å². The molecule has 2 amide bonds. The van der Waals surface area contributed by atoms with Crippen LogP contribution in [0.1, 0.15) is 31.9 Å². The molecule has 5 nitrogen and oxygen atoms in total. The number of hydrogen-bond donors (Lipinski definition) is 1. The van der Waals surface area contributed by atoms with Crippen molar-refractivity contribution in [2.45, 2.75) is 39.8 Å². The van der Waals surface area contributed by atoms with Gasteiger partial charge >= 0.3 is 0 Å². The average molecular weight is 465 g/mol. The fourth-order valence-corrected chi connectivity index (χ4v) is 3.36. The van der Waals surface area contributed by atoms with Gasteiger partial charge in [0.25, 0.3) is 5.91 Å². The molecule has 0 aliphatic heterocycles. The fraction of sp³-hybridized carbons (Fsp3) is 0.364. The van der Waals surface area contributed by atoms with Gasteiger partial charge < -0.3 is 15.0 Å². The number of hydrogen-bond acceptors (Lipinski definition) is 3. The highest BCUT2D eigenvalue weighted by atomic mass is 79.9. The van der Waals surface area contributed by atoms with Crippen molar-refractivity contribution >= 4 is 27.7 Å². The third-order valence-corrected chi connectivity index (χ3v) is 5.19. The van der Waals surface area contributed by atoms with E-state index in [1.165, 1.54) is 11.0 Å². The second-order valence-corrected chi connectivity index (χ2v) is 7.44. The minimum atomic E-state index is -0.767. The Bertz CT molecular complexity index is 860. The Hall–Kier alpha value is -2.41. The van der Waals surface area contributed by atoms with Crippen LogP contribution >= 0.6 is 15.9 Å². The summed E-state index contributed by atoms with van der Waals surface area (Å²) in [5.41, 5.74) is 1.48. The van der Waals surface area contributed by atoms with Gasteiger partial charge in [0.15, 0.2) is 6.61 Å². The smallest absolute Gasteiger partial charge is 0.261 e. The van der Waals surface area contributed by atoms with E-state index in [4.69, 9.17) is 4.74 Å². The van der Waals surface area contributed by atoms with Gasteiger partial charge in [0, 0.05) is 18.7 Å². The Morgan fingerprint density at radius 2 is 1.93 bits per heavy atom. The van der Waals surface area contributed by atoms with Gasteiger partial charge in [0.2, 0.25) is 5.91 Å². The van der Waals surface area contributed by atoms with E-state index >= 15 is 0 Å². The maximum Gasteiger partial charge on any atom is 0.261 e. The number of carbonyl (C=O) groups excluding carboxylic acids is 2. The molecule has 2 rings (SSSR count). The summed E-state index contributed by atoms with van der Waals surface area (Å²) in [6.07, 6.45) is 0.887. The summed E-state index contributed by atoms with van der Waals surface area (Å²) < 4.78 is 20.6. The van der Waals surface area contributed by atoms with Gasteiger partial charge in [-0.3, -0.25) is 9.59 Å². The summed E-state index contributed by atoms with van der Waals surface area (Å²) in [4.78, 5) is 26.5. The molecule has 7 heteroatoms. The van der Waals surface area contributed by atoms with Crippen LogP contribution in [0.25, 0.3) is 0 Å². The van der Waals surface area contributed by atoms with E-state index in [1.54, 1.807) is 38.1 Å². The van der Waals surface area contributed by atoms with Gasteiger partial charge in [-0.25, -0.2) is 4.39 Å². The first-order valence-electron chi connectivity index (χ1n) is 9.59. The lowest BCUT2D eigenvalue weighted by Crippen LogP contribution is -2.49. The number of aryl methyl sites for hydroxylation is 1. The molecule has 0 heterocycles. The van der Waals surface area contributed by atoms with Crippen LogP contribution in [0.5, 0.6) is 5.75 Å². The molecule has 0 fully saturated rings. The molecule has 29 heavy (non-hydrogen) atoms. The zero-order valence-corrected chi connectivity index (χ0v) is 18.5. The maximum atomic E-state index is 14.1. The molecule has 0 spiro atoms. The SMILES string of the molecule is CCNC(=O)[C@@H](C)N(Cc1ccccc1F)C(=O)COc1ccc(CC)cc1Br. The van der Waals surface area contributed by atoms with Crippen LogP contribution in [-0.4, -0.2) is 35.9 Å². The first-order chi connectivity index (χ1) is 13.9. The number of ether oxygens (including phenoxy) is 1. The van der Waals surface area contributed by atoms with Crippen LogP contribution in [-0.2, 0) is 22.6 Å². The van der Waals surface area contributed by atoms with Crippen molar-refractivity contribution in [3.8, 4) is 5.75 Å². The standard InChI is InChI=1S/C22H26BrFN2O3/c1-4-16-10-11-20(18(23)12-16)29-14-21(27)26(15(3)22(28)25-5-2)13-17-8-6-7-9-19(17)24/h6-12,15H,4-5,13-14H2,1-3H3,(H,25,28)/t15-/m1/s1. The van der Waals surface area contributed by atoms with Crippen molar-refractivity contribution in [1.82, 2.24) is 10.2 Å². The largest absolute Gasteiger partial charge is 0.483 e. The molecule has 2 aromatic carbocycles. The molecule has 0 saturated heterocycles. The second-order valence-electron chi connectivity index (χ2n) is 6.59.